The summed E-state index contributed by atoms with van der Waals surface area (Å²) in [6.45, 7) is 8.82. The number of fused-ring (bicyclic) bond motifs is 3. The Kier molecular flexibility index (Phi) is 7.40. The number of hydrogen-bond donors (Lipinski definition) is 0. The monoisotopic (exact) mass is 528 g/mol. The molecule has 0 saturated heterocycles. The summed E-state index contributed by atoms with van der Waals surface area (Å²) in [5, 5.41) is 7.72. The van der Waals surface area contributed by atoms with Gasteiger partial charge in [-0.1, -0.05) is 140 Å². The summed E-state index contributed by atoms with van der Waals surface area (Å²) < 4.78 is 0. The van der Waals surface area contributed by atoms with E-state index in [0.717, 1.165) is 6.42 Å². The molecule has 0 amide bonds. The fraction of sp³-hybridized carbons (Fsp3) is 0.122. The molecule has 0 aliphatic rings. The standard InChI is InChI=1S/C41H36/c1-5-14-28(3)39(29(4)15-6-2)41-37-21-11-9-19-35(37)40(36-20-10-12-22-38(36)41)32-26-24-31(25-27-32)34-23-13-17-30-16-7-8-18-33(30)34/h5,7-27H,6H2,1-4H3. The maximum absolute atomic E-state index is 2.35. The molecule has 0 saturated carbocycles. The van der Waals surface area contributed by atoms with Gasteiger partial charge in [-0.25, -0.2) is 0 Å². The average Bonchev–Trinajstić information content (AvgIpc) is 3.01. The lowest BCUT2D eigenvalue weighted by atomic mass is 9.82. The molecule has 0 radical (unpaired) electrons. The van der Waals surface area contributed by atoms with Gasteiger partial charge in [0.2, 0.25) is 0 Å². The summed E-state index contributed by atoms with van der Waals surface area (Å²) in [4.78, 5) is 0. The molecular weight excluding hydrogens is 492 g/mol. The SMILES string of the molecule is CC=CC(C)=C(C(C)=CCC)c1c2ccccc2c(-c2ccc(-c3cccc4ccccc34)cc2)c2ccccc12. The van der Waals surface area contributed by atoms with Gasteiger partial charge in [0.25, 0.3) is 0 Å². The van der Waals surface area contributed by atoms with Gasteiger partial charge < -0.3 is 0 Å². The summed E-state index contributed by atoms with van der Waals surface area (Å²) in [6, 6.07) is 42.2. The van der Waals surface area contributed by atoms with Crippen LogP contribution < -0.4 is 0 Å². The number of rotatable bonds is 6. The average molecular weight is 529 g/mol. The molecule has 0 atom stereocenters. The minimum Gasteiger partial charge on any atom is -0.0874 e. The first-order chi connectivity index (χ1) is 20.1. The predicted molar refractivity (Wildman–Crippen MR) is 181 cm³/mol. The van der Waals surface area contributed by atoms with E-state index in [1.807, 2.05) is 0 Å². The molecule has 0 heteroatoms. The van der Waals surface area contributed by atoms with Gasteiger partial charge in [0.05, 0.1) is 0 Å². The van der Waals surface area contributed by atoms with Crippen molar-refractivity contribution in [2.24, 2.45) is 0 Å². The lowest BCUT2D eigenvalue weighted by Gasteiger charge is -2.21. The van der Waals surface area contributed by atoms with Crippen LogP contribution in [-0.2, 0) is 0 Å². The van der Waals surface area contributed by atoms with E-state index in [-0.39, 0.29) is 0 Å². The van der Waals surface area contributed by atoms with E-state index in [2.05, 4.69) is 161 Å². The third-order valence-electron chi connectivity index (χ3n) is 8.17. The van der Waals surface area contributed by atoms with Crippen molar-refractivity contribution in [3.8, 4) is 22.3 Å². The molecule has 0 aliphatic heterocycles. The summed E-state index contributed by atoms with van der Waals surface area (Å²) in [7, 11) is 0. The van der Waals surface area contributed by atoms with E-state index in [0.29, 0.717) is 0 Å². The van der Waals surface area contributed by atoms with Crippen LogP contribution >= 0.6 is 0 Å². The Morgan fingerprint density at radius 3 is 1.73 bits per heavy atom. The van der Waals surface area contributed by atoms with Crippen molar-refractivity contribution in [2.75, 3.05) is 0 Å². The minimum atomic E-state index is 1.01. The highest BCUT2D eigenvalue weighted by atomic mass is 14.2. The van der Waals surface area contributed by atoms with Gasteiger partial charge in [0.1, 0.15) is 0 Å². The van der Waals surface area contributed by atoms with Gasteiger partial charge in [-0.15, -0.1) is 0 Å². The van der Waals surface area contributed by atoms with Gasteiger partial charge in [-0.05, 0) is 104 Å². The van der Waals surface area contributed by atoms with E-state index in [1.165, 1.54) is 76.9 Å². The van der Waals surface area contributed by atoms with Gasteiger partial charge in [-0.2, -0.15) is 0 Å². The Bertz CT molecular complexity index is 1920. The van der Waals surface area contributed by atoms with Crippen LogP contribution in [0.1, 0.15) is 39.7 Å². The maximum Gasteiger partial charge on any atom is -0.00212 e. The number of benzene rings is 6. The van der Waals surface area contributed by atoms with Crippen molar-refractivity contribution in [3.05, 3.63) is 150 Å². The Morgan fingerprint density at radius 2 is 1.12 bits per heavy atom. The van der Waals surface area contributed by atoms with Crippen molar-refractivity contribution < 1.29 is 0 Å². The molecule has 0 spiro atoms. The molecule has 0 unspecified atom stereocenters. The van der Waals surface area contributed by atoms with Gasteiger partial charge in [0.15, 0.2) is 0 Å². The van der Waals surface area contributed by atoms with E-state index < -0.39 is 0 Å². The fourth-order valence-corrected chi connectivity index (χ4v) is 6.45. The topological polar surface area (TPSA) is 0 Å². The highest BCUT2D eigenvalue weighted by Gasteiger charge is 2.19. The van der Waals surface area contributed by atoms with Crippen LogP contribution in [0.25, 0.3) is 60.1 Å². The zero-order valence-corrected chi connectivity index (χ0v) is 24.4. The van der Waals surface area contributed by atoms with Crippen LogP contribution in [-0.4, -0.2) is 0 Å². The molecule has 0 heterocycles. The summed E-state index contributed by atoms with van der Waals surface area (Å²) in [5.41, 5.74) is 10.3. The lowest BCUT2D eigenvalue weighted by Crippen LogP contribution is -1.97. The zero-order chi connectivity index (χ0) is 28.3. The molecule has 6 rings (SSSR count). The van der Waals surface area contributed by atoms with Gasteiger partial charge >= 0.3 is 0 Å². The van der Waals surface area contributed by atoms with E-state index in [4.69, 9.17) is 0 Å². The predicted octanol–water partition coefficient (Wildman–Crippen LogP) is 12.2. The van der Waals surface area contributed by atoms with Crippen LogP contribution in [0.3, 0.4) is 0 Å². The van der Waals surface area contributed by atoms with Crippen molar-refractivity contribution in [1.82, 2.24) is 0 Å². The molecule has 0 N–H and O–H groups in total. The van der Waals surface area contributed by atoms with Crippen LogP contribution in [0, 0.1) is 0 Å². The van der Waals surface area contributed by atoms with E-state index in [9.17, 15) is 0 Å². The summed E-state index contributed by atoms with van der Waals surface area (Å²) >= 11 is 0. The second kappa shape index (κ2) is 11.4. The third-order valence-corrected chi connectivity index (χ3v) is 8.17. The summed E-state index contributed by atoms with van der Waals surface area (Å²) in [5.74, 6) is 0. The van der Waals surface area contributed by atoms with Crippen molar-refractivity contribution >= 4 is 37.9 Å². The molecule has 200 valence electrons. The molecule has 0 aliphatic carbocycles. The quantitative estimate of drug-likeness (QED) is 0.149. The van der Waals surface area contributed by atoms with Crippen molar-refractivity contribution in [1.29, 1.82) is 0 Å². The zero-order valence-electron chi connectivity index (χ0n) is 24.4. The Balaban J connectivity index is 1.62. The maximum atomic E-state index is 2.35. The van der Waals surface area contributed by atoms with Crippen molar-refractivity contribution in [2.45, 2.75) is 34.1 Å². The molecule has 6 aromatic rings. The number of allylic oxidation sites excluding steroid dienone is 6. The Labute approximate surface area is 244 Å². The molecule has 6 aromatic carbocycles. The van der Waals surface area contributed by atoms with Gasteiger partial charge in [-0.3, -0.25) is 0 Å². The minimum absolute atomic E-state index is 1.01. The first-order valence-electron chi connectivity index (χ1n) is 14.7. The smallest absolute Gasteiger partial charge is 0.00212 e. The highest BCUT2D eigenvalue weighted by Crippen LogP contribution is 2.44. The fourth-order valence-electron chi connectivity index (χ4n) is 6.45. The van der Waals surface area contributed by atoms with E-state index in [1.54, 1.807) is 0 Å². The van der Waals surface area contributed by atoms with Crippen LogP contribution in [0.15, 0.2) is 145 Å². The van der Waals surface area contributed by atoms with Crippen LogP contribution in [0.5, 0.6) is 0 Å². The van der Waals surface area contributed by atoms with Crippen LogP contribution in [0.4, 0.5) is 0 Å². The second-order valence-corrected chi connectivity index (χ2v) is 10.8. The lowest BCUT2D eigenvalue weighted by molar-refractivity contribution is 1.20. The first kappa shape index (κ1) is 26.5. The molecule has 0 aromatic heterocycles. The van der Waals surface area contributed by atoms with E-state index >= 15 is 0 Å². The molecule has 41 heavy (non-hydrogen) atoms. The Morgan fingerprint density at radius 1 is 0.585 bits per heavy atom. The summed E-state index contributed by atoms with van der Waals surface area (Å²) in [6.07, 6.45) is 7.75. The molecule has 0 fully saturated rings. The normalized spacial score (nSPS) is 12.9. The van der Waals surface area contributed by atoms with Gasteiger partial charge in [0, 0.05) is 0 Å². The third kappa shape index (κ3) is 4.81. The molecule has 0 nitrogen and oxygen atoms in total. The van der Waals surface area contributed by atoms with Crippen molar-refractivity contribution in [3.63, 3.8) is 0 Å². The molecule has 0 bridgehead atoms. The molecular formula is C41H36. The first-order valence-corrected chi connectivity index (χ1v) is 14.7. The second-order valence-electron chi connectivity index (χ2n) is 10.8. The van der Waals surface area contributed by atoms with Crippen LogP contribution in [0.2, 0.25) is 0 Å². The Hall–Kier alpha value is -4.68. The number of hydrogen-bond acceptors (Lipinski definition) is 0. The largest absolute Gasteiger partial charge is 0.0874 e. The highest BCUT2D eigenvalue weighted by molar-refractivity contribution is 6.20.